The SMILES string of the molecule is CCCNC(CC(CC)CC)c1sc(C)nc1C. The van der Waals surface area contributed by atoms with Crippen molar-refractivity contribution < 1.29 is 0 Å². The Kier molecular flexibility index (Phi) is 6.87. The van der Waals surface area contributed by atoms with Crippen molar-refractivity contribution in [2.45, 2.75) is 66.3 Å². The lowest BCUT2D eigenvalue weighted by Crippen LogP contribution is -2.24. The molecule has 0 amide bonds. The molecule has 1 aromatic heterocycles. The molecule has 0 saturated heterocycles. The summed E-state index contributed by atoms with van der Waals surface area (Å²) in [7, 11) is 0. The third-order valence-electron chi connectivity index (χ3n) is 3.62. The van der Waals surface area contributed by atoms with Gasteiger partial charge in [0.2, 0.25) is 0 Å². The number of nitrogens with zero attached hydrogens (tertiary/aromatic N) is 1. The lowest BCUT2D eigenvalue weighted by molar-refractivity contribution is 0.373. The van der Waals surface area contributed by atoms with Crippen molar-refractivity contribution in [2.24, 2.45) is 5.92 Å². The van der Waals surface area contributed by atoms with Crippen LogP contribution in [0.2, 0.25) is 0 Å². The minimum Gasteiger partial charge on any atom is -0.309 e. The highest BCUT2D eigenvalue weighted by molar-refractivity contribution is 7.11. The Labute approximate surface area is 116 Å². The molecule has 1 N–H and O–H groups in total. The summed E-state index contributed by atoms with van der Waals surface area (Å²) in [6, 6.07) is 0.501. The predicted molar refractivity (Wildman–Crippen MR) is 81.3 cm³/mol. The van der Waals surface area contributed by atoms with E-state index >= 15 is 0 Å². The molecule has 0 fully saturated rings. The molecule has 0 aliphatic rings. The van der Waals surface area contributed by atoms with Crippen LogP contribution in [-0.4, -0.2) is 11.5 Å². The van der Waals surface area contributed by atoms with E-state index in [1.54, 1.807) is 0 Å². The average Bonchev–Trinajstić information content (AvgIpc) is 2.69. The normalized spacial score (nSPS) is 13.2. The van der Waals surface area contributed by atoms with Crippen LogP contribution in [0, 0.1) is 19.8 Å². The maximum absolute atomic E-state index is 4.58. The Balaban J connectivity index is 2.80. The highest BCUT2D eigenvalue weighted by Crippen LogP contribution is 2.31. The fourth-order valence-corrected chi connectivity index (χ4v) is 3.44. The van der Waals surface area contributed by atoms with Gasteiger partial charge in [-0.25, -0.2) is 4.98 Å². The first-order valence-electron chi connectivity index (χ1n) is 7.29. The van der Waals surface area contributed by atoms with Gasteiger partial charge in [-0.05, 0) is 39.2 Å². The van der Waals surface area contributed by atoms with E-state index in [9.17, 15) is 0 Å². The molecule has 0 bridgehead atoms. The molecule has 0 aromatic carbocycles. The van der Waals surface area contributed by atoms with E-state index in [0.717, 1.165) is 12.5 Å². The molecule has 3 heteroatoms. The minimum absolute atomic E-state index is 0.501. The number of aryl methyl sites for hydroxylation is 2. The van der Waals surface area contributed by atoms with E-state index in [0.29, 0.717) is 6.04 Å². The van der Waals surface area contributed by atoms with Crippen LogP contribution < -0.4 is 5.32 Å². The van der Waals surface area contributed by atoms with E-state index in [-0.39, 0.29) is 0 Å². The molecule has 1 atom stereocenters. The maximum atomic E-state index is 4.58. The molecule has 1 rings (SSSR count). The number of aromatic nitrogens is 1. The fraction of sp³-hybridized carbons (Fsp3) is 0.800. The first kappa shape index (κ1) is 15.6. The van der Waals surface area contributed by atoms with Crippen LogP contribution in [0.4, 0.5) is 0 Å². The quantitative estimate of drug-likeness (QED) is 0.743. The third kappa shape index (κ3) is 4.36. The van der Waals surface area contributed by atoms with Crippen molar-refractivity contribution in [3.63, 3.8) is 0 Å². The van der Waals surface area contributed by atoms with Gasteiger partial charge in [0, 0.05) is 10.9 Å². The van der Waals surface area contributed by atoms with Gasteiger partial charge in [-0.1, -0.05) is 33.6 Å². The summed E-state index contributed by atoms with van der Waals surface area (Å²) in [6.45, 7) is 12.2. The summed E-state index contributed by atoms with van der Waals surface area (Å²) in [5.74, 6) is 0.821. The van der Waals surface area contributed by atoms with Crippen molar-refractivity contribution in [2.75, 3.05) is 6.54 Å². The summed E-state index contributed by atoms with van der Waals surface area (Å²) in [6.07, 6.45) is 4.99. The minimum atomic E-state index is 0.501. The molecule has 18 heavy (non-hydrogen) atoms. The summed E-state index contributed by atoms with van der Waals surface area (Å²) < 4.78 is 0. The zero-order valence-electron chi connectivity index (χ0n) is 12.5. The van der Waals surface area contributed by atoms with Crippen LogP contribution in [0.15, 0.2) is 0 Å². The van der Waals surface area contributed by atoms with Gasteiger partial charge in [0.25, 0.3) is 0 Å². The van der Waals surface area contributed by atoms with Crippen LogP contribution >= 0.6 is 11.3 Å². The van der Waals surface area contributed by atoms with Crippen LogP contribution in [-0.2, 0) is 0 Å². The van der Waals surface area contributed by atoms with Gasteiger partial charge in [0.05, 0.1) is 10.7 Å². The van der Waals surface area contributed by atoms with Gasteiger partial charge in [-0.2, -0.15) is 0 Å². The van der Waals surface area contributed by atoms with Crippen LogP contribution in [0.3, 0.4) is 0 Å². The number of thiazole rings is 1. The van der Waals surface area contributed by atoms with Crippen LogP contribution in [0.5, 0.6) is 0 Å². The van der Waals surface area contributed by atoms with E-state index in [1.165, 1.54) is 41.3 Å². The van der Waals surface area contributed by atoms with Crippen LogP contribution in [0.1, 0.15) is 68.1 Å². The Morgan fingerprint density at radius 3 is 2.28 bits per heavy atom. The second-order valence-electron chi connectivity index (χ2n) is 5.11. The molecule has 1 unspecified atom stereocenters. The van der Waals surface area contributed by atoms with Crippen molar-refractivity contribution in [3.8, 4) is 0 Å². The number of hydrogen-bond acceptors (Lipinski definition) is 3. The van der Waals surface area contributed by atoms with Crippen molar-refractivity contribution in [1.29, 1.82) is 0 Å². The molecule has 2 nitrogen and oxygen atoms in total. The summed E-state index contributed by atoms with van der Waals surface area (Å²) in [5, 5.41) is 4.90. The van der Waals surface area contributed by atoms with E-state index < -0.39 is 0 Å². The molecular weight excluding hydrogens is 240 g/mol. The first-order valence-corrected chi connectivity index (χ1v) is 8.11. The van der Waals surface area contributed by atoms with Gasteiger partial charge in [-0.3, -0.25) is 0 Å². The van der Waals surface area contributed by atoms with Crippen LogP contribution in [0.25, 0.3) is 0 Å². The molecule has 0 saturated carbocycles. The van der Waals surface area contributed by atoms with Crippen molar-refractivity contribution in [1.82, 2.24) is 10.3 Å². The lowest BCUT2D eigenvalue weighted by atomic mass is 9.93. The lowest BCUT2D eigenvalue weighted by Gasteiger charge is -2.22. The smallest absolute Gasteiger partial charge is 0.0900 e. The molecule has 1 aromatic rings. The fourth-order valence-electron chi connectivity index (χ4n) is 2.43. The maximum Gasteiger partial charge on any atom is 0.0900 e. The molecule has 0 aliphatic heterocycles. The Bertz CT molecular complexity index is 342. The number of rotatable bonds is 8. The monoisotopic (exact) mass is 268 g/mol. The topological polar surface area (TPSA) is 24.9 Å². The molecule has 1 heterocycles. The first-order chi connectivity index (χ1) is 8.62. The average molecular weight is 268 g/mol. The van der Waals surface area contributed by atoms with Crippen molar-refractivity contribution >= 4 is 11.3 Å². The molecule has 104 valence electrons. The molecular formula is C15H28N2S. The molecule has 0 aliphatic carbocycles. The van der Waals surface area contributed by atoms with E-state index in [1.807, 2.05) is 11.3 Å². The zero-order chi connectivity index (χ0) is 13.5. The van der Waals surface area contributed by atoms with Gasteiger partial charge in [-0.15, -0.1) is 11.3 Å². The molecule has 0 radical (unpaired) electrons. The van der Waals surface area contributed by atoms with E-state index in [4.69, 9.17) is 0 Å². The largest absolute Gasteiger partial charge is 0.309 e. The molecule has 0 spiro atoms. The summed E-state index contributed by atoms with van der Waals surface area (Å²) in [4.78, 5) is 6.03. The third-order valence-corrected chi connectivity index (χ3v) is 4.81. The summed E-state index contributed by atoms with van der Waals surface area (Å²) >= 11 is 1.86. The van der Waals surface area contributed by atoms with E-state index in [2.05, 4.69) is 44.9 Å². The number of hydrogen-bond donors (Lipinski definition) is 1. The highest BCUT2D eigenvalue weighted by atomic mass is 32.1. The Hall–Kier alpha value is -0.410. The van der Waals surface area contributed by atoms with Gasteiger partial charge >= 0.3 is 0 Å². The summed E-state index contributed by atoms with van der Waals surface area (Å²) in [5.41, 5.74) is 1.22. The van der Waals surface area contributed by atoms with Gasteiger partial charge in [0.1, 0.15) is 0 Å². The second kappa shape index (κ2) is 7.90. The Morgan fingerprint density at radius 2 is 1.83 bits per heavy atom. The standard InChI is InChI=1S/C15H28N2S/c1-6-9-16-14(10-13(7-2)8-3)15-11(4)17-12(5)18-15/h13-14,16H,6-10H2,1-5H3. The Morgan fingerprint density at radius 1 is 1.17 bits per heavy atom. The van der Waals surface area contributed by atoms with Crippen molar-refractivity contribution in [3.05, 3.63) is 15.6 Å². The van der Waals surface area contributed by atoms with Gasteiger partial charge < -0.3 is 5.32 Å². The highest BCUT2D eigenvalue weighted by Gasteiger charge is 2.19. The zero-order valence-corrected chi connectivity index (χ0v) is 13.4. The second-order valence-corrected chi connectivity index (χ2v) is 6.34. The number of nitrogens with one attached hydrogen (secondary N) is 1. The predicted octanol–water partition coefficient (Wildman–Crippen LogP) is 4.63. The van der Waals surface area contributed by atoms with Gasteiger partial charge in [0.15, 0.2) is 0 Å².